The zero-order valence-electron chi connectivity index (χ0n) is 19.5. The van der Waals surface area contributed by atoms with Gasteiger partial charge in [0.15, 0.2) is 5.75 Å². The molecule has 4 heterocycles. The number of hydrogen-bond donors (Lipinski definition) is 3. The van der Waals surface area contributed by atoms with Gasteiger partial charge in [-0.15, -0.1) is 0 Å². The van der Waals surface area contributed by atoms with E-state index in [0.29, 0.717) is 24.1 Å². The van der Waals surface area contributed by atoms with Crippen LogP contribution in [0.2, 0.25) is 0 Å². The topological polar surface area (TPSA) is 100 Å². The molecule has 5 rings (SSSR count). The zero-order valence-corrected chi connectivity index (χ0v) is 19.5. The van der Waals surface area contributed by atoms with Crippen LogP contribution in [0.25, 0.3) is 22.2 Å². The van der Waals surface area contributed by atoms with Crippen LogP contribution in [0.15, 0.2) is 48.9 Å². The molecule has 0 atom stereocenters. The number of imidazole rings is 1. The maximum atomic E-state index is 6.06. The van der Waals surface area contributed by atoms with E-state index in [1.54, 1.807) is 19.5 Å². The zero-order chi connectivity index (χ0) is 23.3. The van der Waals surface area contributed by atoms with Crippen LogP contribution in [0.1, 0.15) is 12.5 Å². The van der Waals surface area contributed by atoms with E-state index in [0.717, 1.165) is 60.7 Å². The average Bonchev–Trinajstić information content (AvgIpc) is 3.28. The van der Waals surface area contributed by atoms with Crippen LogP contribution in [0, 0.1) is 0 Å². The molecule has 4 aromatic rings. The highest BCUT2D eigenvalue weighted by Crippen LogP contribution is 2.40. The molecular formula is C25H29N7O2. The number of hydrogen-bond acceptors (Lipinski definition) is 8. The van der Waals surface area contributed by atoms with E-state index in [1.807, 2.05) is 31.3 Å². The van der Waals surface area contributed by atoms with Crippen molar-refractivity contribution in [2.45, 2.75) is 13.5 Å². The van der Waals surface area contributed by atoms with Gasteiger partial charge in [-0.2, -0.15) is 0 Å². The van der Waals surface area contributed by atoms with Crippen molar-refractivity contribution in [1.82, 2.24) is 30.2 Å². The summed E-state index contributed by atoms with van der Waals surface area (Å²) in [5, 5.41) is 6.72. The Labute approximate surface area is 198 Å². The van der Waals surface area contributed by atoms with Gasteiger partial charge in [-0.1, -0.05) is 0 Å². The number of aromatic amines is 1. The molecule has 0 saturated carbocycles. The van der Waals surface area contributed by atoms with E-state index in [2.05, 4.69) is 42.6 Å². The van der Waals surface area contributed by atoms with E-state index >= 15 is 0 Å². The lowest BCUT2D eigenvalue weighted by Crippen LogP contribution is -2.42. The summed E-state index contributed by atoms with van der Waals surface area (Å²) < 4.78 is 11.6. The standard InChI is InChI=1S/C25H29N7O2/c1-3-34-24-19(18-7-8-27-15-21(18)33-2)4-5-20-23(24)31-25(29-20)30-22-14-17(6-9-28-22)16-32-12-10-26-11-13-32/h4-9,14-15,26H,3,10-13,16H2,1-2H3,(H2,28,29,30,31). The Bertz CT molecular complexity index is 1270. The summed E-state index contributed by atoms with van der Waals surface area (Å²) >= 11 is 0. The normalized spacial score (nSPS) is 14.3. The van der Waals surface area contributed by atoms with Crippen LogP contribution in [-0.2, 0) is 6.54 Å². The third kappa shape index (κ3) is 4.66. The molecule has 34 heavy (non-hydrogen) atoms. The van der Waals surface area contributed by atoms with Gasteiger partial charge in [0.05, 0.1) is 25.4 Å². The number of H-pyrrole nitrogens is 1. The number of pyridine rings is 2. The molecule has 0 aliphatic carbocycles. The fraction of sp³-hybridized carbons (Fsp3) is 0.320. The van der Waals surface area contributed by atoms with Crippen molar-refractivity contribution in [2.75, 3.05) is 45.2 Å². The lowest BCUT2D eigenvalue weighted by atomic mass is 10.0. The van der Waals surface area contributed by atoms with Crippen LogP contribution in [0.3, 0.4) is 0 Å². The van der Waals surface area contributed by atoms with Crippen LogP contribution >= 0.6 is 0 Å². The Kier molecular flexibility index (Phi) is 6.55. The maximum Gasteiger partial charge on any atom is 0.207 e. The molecule has 1 aliphatic rings. The molecule has 0 unspecified atom stereocenters. The van der Waals surface area contributed by atoms with Crippen molar-refractivity contribution in [3.8, 4) is 22.6 Å². The molecule has 1 fully saturated rings. The van der Waals surface area contributed by atoms with Gasteiger partial charge in [0.1, 0.15) is 17.1 Å². The summed E-state index contributed by atoms with van der Waals surface area (Å²) in [4.78, 5) is 19.2. The van der Waals surface area contributed by atoms with Gasteiger partial charge >= 0.3 is 0 Å². The molecule has 9 heteroatoms. The Hall–Kier alpha value is -3.69. The number of benzene rings is 1. The minimum absolute atomic E-state index is 0.519. The molecule has 1 saturated heterocycles. The minimum Gasteiger partial charge on any atom is -0.494 e. The first-order valence-corrected chi connectivity index (χ1v) is 11.5. The molecule has 0 amide bonds. The van der Waals surface area contributed by atoms with Crippen LogP contribution < -0.4 is 20.1 Å². The van der Waals surface area contributed by atoms with Crippen LogP contribution in [-0.4, -0.2) is 64.7 Å². The number of nitrogens with one attached hydrogen (secondary N) is 3. The summed E-state index contributed by atoms with van der Waals surface area (Å²) in [7, 11) is 1.64. The van der Waals surface area contributed by atoms with Gasteiger partial charge in [-0.05, 0) is 42.8 Å². The smallest absolute Gasteiger partial charge is 0.207 e. The van der Waals surface area contributed by atoms with Crippen LogP contribution in [0.5, 0.6) is 11.5 Å². The first kappa shape index (κ1) is 22.1. The number of ether oxygens (including phenoxy) is 2. The molecule has 1 aliphatic heterocycles. The van der Waals surface area contributed by atoms with Gasteiger partial charge in [0, 0.05) is 56.2 Å². The lowest BCUT2D eigenvalue weighted by molar-refractivity contribution is 0.233. The second-order valence-electron chi connectivity index (χ2n) is 8.13. The predicted octanol–water partition coefficient (Wildman–Crippen LogP) is 3.58. The van der Waals surface area contributed by atoms with Gasteiger partial charge in [-0.3, -0.25) is 9.88 Å². The fourth-order valence-corrected chi connectivity index (χ4v) is 4.27. The Morgan fingerprint density at radius 1 is 1.09 bits per heavy atom. The van der Waals surface area contributed by atoms with Gasteiger partial charge in [-0.25, -0.2) is 9.97 Å². The largest absolute Gasteiger partial charge is 0.494 e. The van der Waals surface area contributed by atoms with E-state index in [9.17, 15) is 0 Å². The first-order chi connectivity index (χ1) is 16.7. The van der Waals surface area contributed by atoms with Crippen molar-refractivity contribution in [2.24, 2.45) is 0 Å². The average molecular weight is 460 g/mol. The van der Waals surface area contributed by atoms with E-state index in [-0.39, 0.29) is 0 Å². The highest BCUT2D eigenvalue weighted by molar-refractivity contribution is 5.93. The number of rotatable bonds is 8. The Morgan fingerprint density at radius 2 is 1.97 bits per heavy atom. The monoisotopic (exact) mass is 459 g/mol. The fourth-order valence-electron chi connectivity index (χ4n) is 4.27. The van der Waals surface area contributed by atoms with Crippen LogP contribution in [0.4, 0.5) is 11.8 Å². The summed E-state index contributed by atoms with van der Waals surface area (Å²) in [5.74, 6) is 2.75. The SMILES string of the molecule is CCOc1c(-c2ccncc2OC)ccc2[nH]c(Nc3cc(CN4CCNCC4)ccn3)nc12. The van der Waals surface area contributed by atoms with E-state index < -0.39 is 0 Å². The van der Waals surface area contributed by atoms with Crippen molar-refractivity contribution in [3.63, 3.8) is 0 Å². The molecule has 0 spiro atoms. The summed E-state index contributed by atoms with van der Waals surface area (Å²) in [5.41, 5.74) is 4.65. The quantitative estimate of drug-likeness (QED) is 0.368. The molecule has 0 radical (unpaired) electrons. The third-order valence-corrected chi connectivity index (χ3v) is 5.88. The third-order valence-electron chi connectivity index (χ3n) is 5.88. The number of anilines is 2. The maximum absolute atomic E-state index is 6.06. The van der Waals surface area contributed by atoms with Gasteiger partial charge < -0.3 is 25.1 Å². The lowest BCUT2D eigenvalue weighted by Gasteiger charge is -2.27. The second kappa shape index (κ2) is 10.1. The van der Waals surface area contributed by atoms with Gasteiger partial charge in [0.25, 0.3) is 0 Å². The molecule has 176 valence electrons. The van der Waals surface area contributed by atoms with Crippen molar-refractivity contribution in [3.05, 3.63) is 54.5 Å². The van der Waals surface area contributed by atoms with E-state index in [1.165, 1.54) is 5.56 Å². The number of aromatic nitrogens is 4. The second-order valence-corrected chi connectivity index (χ2v) is 8.13. The highest BCUT2D eigenvalue weighted by Gasteiger charge is 2.18. The summed E-state index contributed by atoms with van der Waals surface area (Å²) in [6.45, 7) is 7.57. The Morgan fingerprint density at radius 3 is 2.79 bits per heavy atom. The molecule has 1 aromatic carbocycles. The molecular weight excluding hydrogens is 430 g/mol. The number of piperazine rings is 1. The van der Waals surface area contributed by atoms with Gasteiger partial charge in [0.2, 0.25) is 5.95 Å². The minimum atomic E-state index is 0.519. The van der Waals surface area contributed by atoms with E-state index in [4.69, 9.17) is 14.5 Å². The van der Waals surface area contributed by atoms with Crippen molar-refractivity contribution in [1.29, 1.82) is 0 Å². The summed E-state index contributed by atoms with van der Waals surface area (Å²) in [6.07, 6.45) is 5.28. The molecule has 9 nitrogen and oxygen atoms in total. The summed E-state index contributed by atoms with van der Waals surface area (Å²) in [6, 6.07) is 10.1. The molecule has 3 N–H and O–H groups in total. The highest BCUT2D eigenvalue weighted by atomic mass is 16.5. The van der Waals surface area contributed by atoms with Crippen molar-refractivity contribution < 1.29 is 9.47 Å². The molecule has 3 aromatic heterocycles. The molecule has 0 bridgehead atoms. The van der Waals surface area contributed by atoms with Crippen molar-refractivity contribution >= 4 is 22.8 Å². The number of nitrogens with zero attached hydrogens (tertiary/aromatic N) is 4. The number of fused-ring (bicyclic) bond motifs is 1. The predicted molar refractivity (Wildman–Crippen MR) is 133 cm³/mol. The Balaban J connectivity index is 1.44. The number of methoxy groups -OCH3 is 1. The first-order valence-electron chi connectivity index (χ1n) is 11.5.